The number of nitrogens with two attached hydrogens (primary N) is 1. The molecule has 0 saturated carbocycles. The summed E-state index contributed by atoms with van der Waals surface area (Å²) in [4.78, 5) is 24.9. The van der Waals surface area contributed by atoms with Crippen LogP contribution in [-0.4, -0.2) is 62.8 Å². The van der Waals surface area contributed by atoms with Gasteiger partial charge in [-0.1, -0.05) is 6.92 Å². The van der Waals surface area contributed by atoms with Gasteiger partial charge in [0, 0.05) is 49.2 Å². The summed E-state index contributed by atoms with van der Waals surface area (Å²) in [6, 6.07) is 9.54. The van der Waals surface area contributed by atoms with Gasteiger partial charge in [0.1, 0.15) is 16.9 Å². The van der Waals surface area contributed by atoms with E-state index in [0.717, 1.165) is 28.1 Å². The molecule has 1 aliphatic heterocycles. The van der Waals surface area contributed by atoms with Crippen LogP contribution in [0.4, 0.5) is 0 Å². The van der Waals surface area contributed by atoms with E-state index >= 15 is 0 Å². The molecule has 5 rings (SSSR count). The fraction of sp³-hybridized carbons (Fsp3) is 0.423. The Bertz CT molecular complexity index is 1440. The number of aromatic nitrogens is 4. The van der Waals surface area contributed by atoms with Crippen LogP contribution >= 0.6 is 0 Å². The number of imidazole rings is 1. The van der Waals surface area contributed by atoms with Crippen LogP contribution in [0.5, 0.6) is 11.6 Å². The number of hydrogen-bond acceptors (Lipinski definition) is 6. The second-order valence-electron chi connectivity index (χ2n) is 9.33. The van der Waals surface area contributed by atoms with E-state index in [-0.39, 0.29) is 23.9 Å². The highest BCUT2D eigenvalue weighted by Crippen LogP contribution is 2.35. The second kappa shape index (κ2) is 8.57. The number of aryl methyl sites for hydroxylation is 2. The van der Waals surface area contributed by atoms with Crippen molar-refractivity contribution < 1.29 is 14.3 Å². The monoisotopic (exact) mass is 476 g/mol. The molecule has 0 unspecified atom stereocenters. The number of nitrogens with zero attached hydrogens (tertiary/aromatic N) is 5. The van der Waals surface area contributed by atoms with Crippen molar-refractivity contribution in [2.75, 3.05) is 20.8 Å². The van der Waals surface area contributed by atoms with Crippen LogP contribution in [0.1, 0.15) is 31.1 Å². The molecule has 2 N–H and O–H groups in total. The van der Waals surface area contributed by atoms with Crippen LogP contribution < -0.4 is 15.2 Å². The van der Waals surface area contributed by atoms with E-state index in [1.165, 1.54) is 0 Å². The molecule has 35 heavy (non-hydrogen) atoms. The third-order valence-corrected chi connectivity index (χ3v) is 7.33. The van der Waals surface area contributed by atoms with Gasteiger partial charge in [-0.05, 0) is 44.0 Å². The average molecular weight is 477 g/mol. The standard InChI is InChI=1S/C26H32N6O3/c1-7-31-19(11-16-8-9-21(35-6)29-24(16)31)25-28-18-10-17(12-20(34-5)23(18)30(25)4)26(33)32-13-14(2)22(27)15(32)3/h8-12,14-15,22H,7,13,27H2,1-6H3/t14-,15-,22-/m1/s1. The van der Waals surface area contributed by atoms with Gasteiger partial charge < -0.3 is 29.2 Å². The molecule has 184 valence electrons. The van der Waals surface area contributed by atoms with E-state index in [9.17, 15) is 4.79 Å². The first-order valence-corrected chi connectivity index (χ1v) is 11.9. The van der Waals surface area contributed by atoms with Crippen molar-refractivity contribution in [3.63, 3.8) is 0 Å². The highest BCUT2D eigenvalue weighted by atomic mass is 16.5. The molecule has 0 spiro atoms. The van der Waals surface area contributed by atoms with Gasteiger partial charge in [-0.25, -0.2) is 4.98 Å². The van der Waals surface area contributed by atoms with Gasteiger partial charge in [0.25, 0.3) is 5.91 Å². The zero-order chi connectivity index (χ0) is 25.0. The van der Waals surface area contributed by atoms with Crippen molar-refractivity contribution >= 4 is 28.0 Å². The molecule has 9 heteroatoms. The van der Waals surface area contributed by atoms with Crippen molar-refractivity contribution in [2.24, 2.45) is 18.7 Å². The van der Waals surface area contributed by atoms with Crippen molar-refractivity contribution in [1.82, 2.24) is 24.0 Å². The molecule has 1 aliphatic rings. The quantitative estimate of drug-likeness (QED) is 0.474. The number of amides is 1. The molecule has 0 radical (unpaired) electrons. The molecular formula is C26H32N6O3. The topological polar surface area (TPSA) is 100 Å². The Morgan fingerprint density at radius 2 is 1.91 bits per heavy atom. The summed E-state index contributed by atoms with van der Waals surface area (Å²) in [6.45, 7) is 7.53. The number of fused-ring (bicyclic) bond motifs is 2. The van der Waals surface area contributed by atoms with E-state index in [2.05, 4.69) is 29.5 Å². The molecule has 4 heterocycles. The number of methoxy groups -OCH3 is 2. The van der Waals surface area contributed by atoms with Crippen molar-refractivity contribution in [3.8, 4) is 23.1 Å². The van der Waals surface area contributed by atoms with Gasteiger partial charge in [-0.2, -0.15) is 4.98 Å². The molecule has 0 bridgehead atoms. The van der Waals surface area contributed by atoms with Gasteiger partial charge in [-0.3, -0.25) is 4.79 Å². The number of rotatable bonds is 5. The Kier molecular flexibility index (Phi) is 5.67. The van der Waals surface area contributed by atoms with Crippen LogP contribution in [0, 0.1) is 5.92 Å². The third kappa shape index (κ3) is 3.53. The summed E-state index contributed by atoms with van der Waals surface area (Å²) in [7, 11) is 5.19. The van der Waals surface area contributed by atoms with Gasteiger partial charge in [0.15, 0.2) is 5.82 Å². The first-order valence-electron chi connectivity index (χ1n) is 11.9. The smallest absolute Gasteiger partial charge is 0.254 e. The SMILES string of the molecule is CCn1c(-c2nc3cc(C(=O)N4C[C@@H](C)[C@@H](N)[C@H]4C)cc(OC)c3n2C)cc2ccc(OC)nc21. The molecule has 1 fully saturated rings. The minimum absolute atomic E-state index is 0.0248. The van der Waals surface area contributed by atoms with Crippen molar-refractivity contribution in [3.05, 3.63) is 35.9 Å². The van der Waals surface area contributed by atoms with Crippen LogP contribution in [-0.2, 0) is 13.6 Å². The predicted molar refractivity (Wildman–Crippen MR) is 136 cm³/mol. The van der Waals surface area contributed by atoms with Crippen LogP contribution in [0.15, 0.2) is 30.3 Å². The Labute approximate surface area is 204 Å². The first kappa shape index (κ1) is 23.2. The summed E-state index contributed by atoms with van der Waals surface area (Å²) >= 11 is 0. The van der Waals surface area contributed by atoms with E-state index in [1.807, 2.05) is 41.6 Å². The third-order valence-electron chi connectivity index (χ3n) is 7.33. The number of pyridine rings is 1. The lowest BCUT2D eigenvalue weighted by molar-refractivity contribution is 0.0739. The van der Waals surface area contributed by atoms with Gasteiger partial charge in [-0.15, -0.1) is 0 Å². The lowest BCUT2D eigenvalue weighted by Gasteiger charge is -2.23. The van der Waals surface area contributed by atoms with Crippen LogP contribution in [0.25, 0.3) is 33.6 Å². The van der Waals surface area contributed by atoms with E-state index in [4.69, 9.17) is 20.2 Å². The molecule has 3 atom stereocenters. The van der Waals surface area contributed by atoms with Gasteiger partial charge in [0.2, 0.25) is 5.88 Å². The fourth-order valence-electron chi connectivity index (χ4n) is 5.26. The maximum absolute atomic E-state index is 13.5. The molecule has 0 aliphatic carbocycles. The largest absolute Gasteiger partial charge is 0.494 e. The molecule has 1 saturated heterocycles. The number of benzene rings is 1. The van der Waals surface area contributed by atoms with Crippen LogP contribution in [0.2, 0.25) is 0 Å². The van der Waals surface area contributed by atoms with E-state index in [1.54, 1.807) is 20.3 Å². The lowest BCUT2D eigenvalue weighted by Crippen LogP contribution is -2.40. The summed E-state index contributed by atoms with van der Waals surface area (Å²) in [6.07, 6.45) is 0. The highest BCUT2D eigenvalue weighted by Gasteiger charge is 2.37. The normalized spacial score (nSPS) is 20.2. The first-order chi connectivity index (χ1) is 16.8. The van der Waals surface area contributed by atoms with Gasteiger partial charge >= 0.3 is 0 Å². The molecule has 1 amide bonds. The fourth-order valence-corrected chi connectivity index (χ4v) is 5.26. The minimum atomic E-state index is -0.0522. The van der Waals surface area contributed by atoms with Crippen molar-refractivity contribution in [2.45, 2.75) is 39.4 Å². The Morgan fingerprint density at radius 1 is 1.14 bits per heavy atom. The van der Waals surface area contributed by atoms with E-state index in [0.29, 0.717) is 35.8 Å². The van der Waals surface area contributed by atoms with Gasteiger partial charge in [0.05, 0.1) is 25.4 Å². The number of carbonyl (C=O) groups is 1. The number of ether oxygens (including phenoxy) is 2. The number of carbonyl (C=O) groups excluding carboxylic acids is 1. The summed E-state index contributed by atoms with van der Waals surface area (Å²) in [5.74, 6) is 2.15. The predicted octanol–water partition coefficient (Wildman–Crippen LogP) is 3.43. The zero-order valence-corrected chi connectivity index (χ0v) is 21.1. The maximum atomic E-state index is 13.5. The summed E-state index contributed by atoms with van der Waals surface area (Å²) in [5.41, 5.74) is 10.1. The maximum Gasteiger partial charge on any atom is 0.254 e. The van der Waals surface area contributed by atoms with Crippen LogP contribution in [0.3, 0.4) is 0 Å². The van der Waals surface area contributed by atoms with E-state index < -0.39 is 0 Å². The molecule has 3 aromatic heterocycles. The highest BCUT2D eigenvalue weighted by molar-refractivity contribution is 6.00. The molecular weight excluding hydrogens is 444 g/mol. The summed E-state index contributed by atoms with van der Waals surface area (Å²) < 4.78 is 15.2. The molecule has 9 nitrogen and oxygen atoms in total. The Hall–Kier alpha value is -3.59. The second-order valence-corrected chi connectivity index (χ2v) is 9.33. The number of hydrogen-bond donors (Lipinski definition) is 1. The Morgan fingerprint density at radius 3 is 2.54 bits per heavy atom. The van der Waals surface area contributed by atoms with Crippen molar-refractivity contribution in [1.29, 1.82) is 0 Å². The Balaban J connectivity index is 1.65. The average Bonchev–Trinajstić information content (AvgIpc) is 3.49. The summed E-state index contributed by atoms with van der Waals surface area (Å²) in [5, 5.41) is 1.01. The lowest BCUT2D eigenvalue weighted by atomic mass is 10.0. The number of likely N-dealkylation sites (tertiary alicyclic amines) is 1. The minimum Gasteiger partial charge on any atom is -0.494 e. The molecule has 1 aromatic carbocycles. The zero-order valence-electron chi connectivity index (χ0n) is 21.1. The molecule has 4 aromatic rings.